The number of rotatable bonds is 2. The van der Waals surface area contributed by atoms with Crippen LogP contribution in [0.15, 0.2) is 0 Å². The Balaban J connectivity index is 2.83. The fraction of sp³-hybridized carbons (Fsp3) is 1.00. The van der Waals surface area contributed by atoms with E-state index in [1.54, 1.807) is 0 Å². The molecule has 1 unspecified atom stereocenters. The van der Waals surface area contributed by atoms with E-state index in [4.69, 9.17) is 1.37 Å². The lowest BCUT2D eigenvalue weighted by molar-refractivity contribution is 0.576. The second-order valence-corrected chi connectivity index (χ2v) is 1.89. The average molecular weight is 87.2 g/mol. The fourth-order valence-electron chi connectivity index (χ4n) is 0.493. The minimum atomic E-state index is 0.591. The van der Waals surface area contributed by atoms with Gasteiger partial charge in [-0.15, -0.1) is 0 Å². The van der Waals surface area contributed by atoms with Crippen molar-refractivity contribution in [2.24, 2.45) is 5.92 Å². The van der Waals surface area contributed by atoms with Gasteiger partial charge in [0.2, 0.25) is 0 Å². The minimum Gasteiger partial charge on any atom is -0.0654 e. The summed E-state index contributed by atoms with van der Waals surface area (Å²) in [5.41, 5.74) is 0. The molecule has 0 nitrogen and oxygen atoms in total. The second kappa shape index (κ2) is 3.20. The van der Waals surface area contributed by atoms with Gasteiger partial charge in [-0.25, -0.2) is 0 Å². The third-order valence-electron chi connectivity index (χ3n) is 0.781. The average Bonchev–Trinajstić information content (AvgIpc) is 1.68. The fourth-order valence-corrected chi connectivity index (χ4v) is 0.493. The van der Waals surface area contributed by atoms with Gasteiger partial charge < -0.3 is 0 Å². The van der Waals surface area contributed by atoms with Gasteiger partial charge in [0.05, 0.1) is 0 Å². The van der Waals surface area contributed by atoms with Crippen LogP contribution in [0.25, 0.3) is 0 Å². The predicted molar refractivity (Wildman–Crippen MR) is 29.7 cm³/mol. The zero-order valence-electron chi connectivity index (χ0n) is 5.70. The minimum absolute atomic E-state index is 0.591. The normalized spacial score (nSPS) is 16.7. The maximum atomic E-state index is 6.91. The maximum absolute atomic E-state index is 6.91. The van der Waals surface area contributed by atoms with Crippen LogP contribution in [0.1, 0.15) is 35.0 Å². The van der Waals surface area contributed by atoms with Gasteiger partial charge in [0.15, 0.2) is 0 Å². The molecule has 0 rings (SSSR count). The molecule has 0 aromatic heterocycles. The van der Waals surface area contributed by atoms with E-state index < -0.39 is 0 Å². The van der Waals surface area contributed by atoms with E-state index in [0.29, 0.717) is 12.8 Å². The summed E-state index contributed by atoms with van der Waals surface area (Å²) < 4.78 is 6.91. The third kappa shape index (κ3) is 4.00. The molecule has 0 aromatic carbocycles. The molecule has 6 heavy (non-hydrogen) atoms. The van der Waals surface area contributed by atoms with Crippen molar-refractivity contribution in [3.63, 3.8) is 0 Å². The molecular weight excluding hydrogens is 72.1 g/mol. The van der Waals surface area contributed by atoms with E-state index in [1.807, 2.05) is 0 Å². The lowest BCUT2D eigenvalue weighted by atomic mass is 10.1. The monoisotopic (exact) mass is 87.1 g/mol. The molecule has 38 valence electrons. The Bertz CT molecular complexity index is 35.2. The Morgan fingerprint density at radius 2 is 2.50 bits per heavy atom. The molecule has 0 radical (unpaired) electrons. The molecule has 0 aromatic rings. The van der Waals surface area contributed by atoms with Crippen molar-refractivity contribution >= 4 is 0 Å². The first-order valence-corrected chi connectivity index (χ1v) is 2.60. The van der Waals surface area contributed by atoms with Crippen molar-refractivity contribution in [1.82, 2.24) is 0 Å². The molecule has 0 amide bonds. The molecule has 1 atom stereocenters. The topological polar surface area (TPSA) is 0 Å². The van der Waals surface area contributed by atoms with Gasteiger partial charge in [0.25, 0.3) is 0 Å². The van der Waals surface area contributed by atoms with Crippen molar-refractivity contribution in [2.75, 3.05) is 0 Å². The highest BCUT2D eigenvalue weighted by Gasteiger charge is 1.85. The van der Waals surface area contributed by atoms with Gasteiger partial charge in [-0.2, -0.15) is 0 Å². The van der Waals surface area contributed by atoms with Crippen LogP contribution in [-0.2, 0) is 0 Å². The molecule has 0 bridgehead atoms. The number of hydrogen-bond donors (Lipinski definition) is 0. The van der Waals surface area contributed by atoms with Crippen molar-refractivity contribution in [3.8, 4) is 0 Å². The van der Waals surface area contributed by atoms with E-state index >= 15 is 0 Å². The van der Waals surface area contributed by atoms with Crippen molar-refractivity contribution in [3.05, 3.63) is 0 Å². The van der Waals surface area contributed by atoms with Gasteiger partial charge in [0.1, 0.15) is 0 Å². The van der Waals surface area contributed by atoms with E-state index in [2.05, 4.69) is 13.8 Å². The highest BCUT2D eigenvalue weighted by Crippen LogP contribution is 2.00. The maximum Gasteiger partial charge on any atom is 0.0233 e. The first kappa shape index (κ1) is 4.17. The molecule has 0 spiro atoms. The molecule has 0 saturated carbocycles. The highest BCUT2D eigenvalue weighted by molar-refractivity contribution is 4.38. The van der Waals surface area contributed by atoms with Crippen LogP contribution in [-0.4, -0.2) is 0 Å². The first-order valence-electron chi connectivity index (χ1n) is 3.31. The molecule has 0 heteroatoms. The van der Waals surface area contributed by atoms with Crippen LogP contribution < -0.4 is 0 Å². The molecule has 0 aliphatic rings. The number of hydrogen-bond acceptors (Lipinski definition) is 0. The van der Waals surface area contributed by atoms with Gasteiger partial charge in [0, 0.05) is 1.37 Å². The van der Waals surface area contributed by atoms with Crippen molar-refractivity contribution in [1.29, 1.82) is 0 Å². The van der Waals surface area contributed by atoms with Crippen LogP contribution in [0.4, 0.5) is 0 Å². The summed E-state index contributed by atoms with van der Waals surface area (Å²) in [4.78, 5) is 0. The molecule has 0 saturated heterocycles. The van der Waals surface area contributed by atoms with Crippen LogP contribution in [0.2, 0.25) is 0 Å². The van der Waals surface area contributed by atoms with Crippen LogP contribution in [0.5, 0.6) is 0 Å². The SMILES string of the molecule is [2H]CC(C)CCC. The van der Waals surface area contributed by atoms with Crippen molar-refractivity contribution in [2.45, 2.75) is 33.6 Å². The smallest absolute Gasteiger partial charge is 0.0233 e. The molecule has 0 heterocycles. The van der Waals surface area contributed by atoms with Crippen molar-refractivity contribution < 1.29 is 1.37 Å². The molecule has 0 fully saturated rings. The van der Waals surface area contributed by atoms with E-state index in [9.17, 15) is 0 Å². The zero-order chi connectivity index (χ0) is 5.70. The Morgan fingerprint density at radius 3 is 2.67 bits per heavy atom. The third-order valence-corrected chi connectivity index (χ3v) is 0.781. The van der Waals surface area contributed by atoms with Crippen LogP contribution in [0, 0.1) is 5.92 Å². The molecular formula is C6H14. The summed E-state index contributed by atoms with van der Waals surface area (Å²) in [6, 6.07) is 0. The Hall–Kier alpha value is 0. The summed E-state index contributed by atoms with van der Waals surface area (Å²) >= 11 is 0. The molecule has 0 aliphatic carbocycles. The summed E-state index contributed by atoms with van der Waals surface area (Å²) in [5, 5.41) is 0. The van der Waals surface area contributed by atoms with E-state index in [-0.39, 0.29) is 0 Å². The summed E-state index contributed by atoms with van der Waals surface area (Å²) in [6.45, 7) is 4.87. The lowest BCUT2D eigenvalue weighted by Gasteiger charge is -1.95. The Morgan fingerprint density at radius 1 is 1.83 bits per heavy atom. The Kier molecular flexibility index (Phi) is 2.22. The lowest BCUT2D eigenvalue weighted by Crippen LogP contribution is -1.81. The molecule has 0 aliphatic heterocycles. The van der Waals surface area contributed by atoms with Gasteiger partial charge in [-0.05, 0) is 5.92 Å². The van der Waals surface area contributed by atoms with Crippen LogP contribution >= 0.6 is 0 Å². The van der Waals surface area contributed by atoms with Gasteiger partial charge >= 0.3 is 0 Å². The summed E-state index contributed by atoms with van der Waals surface area (Å²) in [6.07, 6.45) is 2.43. The highest BCUT2D eigenvalue weighted by atomic mass is 13.9. The first-order chi connectivity index (χ1) is 3.31. The van der Waals surface area contributed by atoms with Gasteiger partial charge in [-0.3, -0.25) is 0 Å². The zero-order valence-corrected chi connectivity index (χ0v) is 4.70. The van der Waals surface area contributed by atoms with E-state index in [1.165, 1.54) is 12.8 Å². The predicted octanol–water partition coefficient (Wildman–Crippen LogP) is 2.44. The standard InChI is InChI=1S/C6H14/c1-4-5-6(2)3/h6H,4-5H2,1-3H3/i2D. The Labute approximate surface area is 42.0 Å². The second-order valence-electron chi connectivity index (χ2n) is 1.89. The summed E-state index contributed by atoms with van der Waals surface area (Å²) in [7, 11) is 0. The molecule has 0 N–H and O–H groups in total. The quantitative estimate of drug-likeness (QED) is 0.485. The van der Waals surface area contributed by atoms with Crippen LogP contribution in [0.3, 0.4) is 0 Å². The summed E-state index contributed by atoms with van der Waals surface area (Å²) in [5.74, 6) is 0.616. The largest absolute Gasteiger partial charge is 0.0654 e. The van der Waals surface area contributed by atoms with E-state index in [0.717, 1.165) is 0 Å². The van der Waals surface area contributed by atoms with Gasteiger partial charge in [-0.1, -0.05) is 33.6 Å².